The van der Waals surface area contributed by atoms with Gasteiger partial charge in [0.1, 0.15) is 0 Å². The maximum atomic E-state index is 12.0. The molecule has 0 aromatic heterocycles. The van der Waals surface area contributed by atoms with Gasteiger partial charge in [-0.1, -0.05) is 29.8 Å². The normalized spacial score (nSPS) is 15.6. The van der Waals surface area contributed by atoms with Crippen LogP contribution in [0, 0.1) is 6.92 Å². The zero-order chi connectivity index (χ0) is 14.4. The van der Waals surface area contributed by atoms with Crippen LogP contribution >= 0.6 is 12.4 Å². The number of nitrogens with two attached hydrogens (primary N) is 1. The zero-order valence-electron chi connectivity index (χ0n) is 12.9. The Morgan fingerprint density at radius 2 is 1.81 bits per heavy atom. The molecule has 1 aromatic rings. The Morgan fingerprint density at radius 3 is 2.43 bits per heavy atom. The number of amides is 1. The molecule has 0 unspecified atom stereocenters. The van der Waals surface area contributed by atoms with Crippen LogP contribution in [0.3, 0.4) is 0 Å². The number of piperidine rings is 1. The lowest BCUT2D eigenvalue weighted by atomic mass is 10.0. The smallest absolute Gasteiger partial charge is 0.222 e. The quantitative estimate of drug-likeness (QED) is 0.850. The van der Waals surface area contributed by atoms with Crippen LogP contribution in [0.5, 0.6) is 0 Å². The number of rotatable bonds is 5. The number of aryl methyl sites for hydroxylation is 2. The van der Waals surface area contributed by atoms with Crippen LogP contribution in [0.4, 0.5) is 0 Å². The van der Waals surface area contributed by atoms with Crippen molar-refractivity contribution in [3.63, 3.8) is 0 Å². The molecular formula is C17H27ClN2O. The van der Waals surface area contributed by atoms with Gasteiger partial charge in [-0.2, -0.15) is 0 Å². The molecule has 1 amide bonds. The molecule has 2 rings (SSSR count). The Balaban J connectivity index is 0.00000220. The van der Waals surface area contributed by atoms with Crippen molar-refractivity contribution in [2.24, 2.45) is 5.73 Å². The zero-order valence-corrected chi connectivity index (χ0v) is 13.7. The largest absolute Gasteiger partial charge is 0.343 e. The molecule has 0 radical (unpaired) electrons. The van der Waals surface area contributed by atoms with Crippen molar-refractivity contribution in [1.82, 2.24) is 4.90 Å². The molecule has 1 aliphatic heterocycles. The highest BCUT2D eigenvalue weighted by atomic mass is 35.5. The van der Waals surface area contributed by atoms with Gasteiger partial charge in [0.25, 0.3) is 0 Å². The van der Waals surface area contributed by atoms with Crippen LogP contribution in [0.25, 0.3) is 0 Å². The first-order chi connectivity index (χ1) is 9.65. The van der Waals surface area contributed by atoms with Gasteiger partial charge in [-0.3, -0.25) is 4.79 Å². The summed E-state index contributed by atoms with van der Waals surface area (Å²) in [5.74, 6) is 0.306. The fourth-order valence-corrected chi connectivity index (χ4v) is 2.67. The van der Waals surface area contributed by atoms with E-state index in [9.17, 15) is 4.79 Å². The molecule has 1 fully saturated rings. The van der Waals surface area contributed by atoms with Crippen LogP contribution in [0.1, 0.15) is 43.2 Å². The lowest BCUT2D eigenvalue weighted by Crippen LogP contribution is -2.42. The minimum atomic E-state index is 0. The summed E-state index contributed by atoms with van der Waals surface area (Å²) in [4.78, 5) is 14.0. The molecule has 0 spiro atoms. The molecule has 0 bridgehead atoms. The first-order valence-corrected chi connectivity index (χ1v) is 7.74. The highest BCUT2D eigenvalue weighted by Gasteiger charge is 2.19. The second-order valence-electron chi connectivity index (χ2n) is 5.91. The van der Waals surface area contributed by atoms with Gasteiger partial charge in [-0.05, 0) is 44.6 Å². The van der Waals surface area contributed by atoms with Gasteiger partial charge >= 0.3 is 0 Å². The Morgan fingerprint density at radius 1 is 1.19 bits per heavy atom. The summed E-state index contributed by atoms with van der Waals surface area (Å²) in [5, 5.41) is 0. The van der Waals surface area contributed by atoms with E-state index in [4.69, 9.17) is 5.73 Å². The van der Waals surface area contributed by atoms with E-state index in [2.05, 4.69) is 31.2 Å². The van der Waals surface area contributed by atoms with Gasteiger partial charge in [0.05, 0.1) is 0 Å². The summed E-state index contributed by atoms with van der Waals surface area (Å²) >= 11 is 0. The standard InChI is InChI=1S/C17H26N2O.ClH/c1-14-6-8-15(9-7-14)4-2-3-5-17(20)19-12-10-16(18)11-13-19;/h6-9,16H,2-5,10-13,18H2,1H3;1H. The van der Waals surface area contributed by atoms with E-state index >= 15 is 0 Å². The van der Waals surface area contributed by atoms with Gasteiger partial charge in [-0.15, -0.1) is 12.4 Å². The predicted molar refractivity (Wildman–Crippen MR) is 89.8 cm³/mol. The first-order valence-electron chi connectivity index (χ1n) is 7.74. The van der Waals surface area contributed by atoms with E-state index in [1.54, 1.807) is 0 Å². The predicted octanol–water partition coefficient (Wildman–Crippen LogP) is 3.08. The highest BCUT2D eigenvalue weighted by molar-refractivity contribution is 5.85. The third-order valence-electron chi connectivity index (χ3n) is 4.12. The molecule has 0 aliphatic carbocycles. The summed E-state index contributed by atoms with van der Waals surface area (Å²) in [6.07, 6.45) is 5.72. The molecule has 3 nitrogen and oxygen atoms in total. The van der Waals surface area contributed by atoms with Gasteiger partial charge in [-0.25, -0.2) is 0 Å². The number of carbonyl (C=O) groups is 1. The van der Waals surface area contributed by atoms with Crippen molar-refractivity contribution >= 4 is 18.3 Å². The molecule has 1 saturated heterocycles. The number of hydrogen-bond donors (Lipinski definition) is 1. The van der Waals surface area contributed by atoms with Crippen LogP contribution in [0.15, 0.2) is 24.3 Å². The average molecular weight is 311 g/mol. The minimum Gasteiger partial charge on any atom is -0.343 e. The van der Waals surface area contributed by atoms with E-state index in [1.807, 2.05) is 4.90 Å². The summed E-state index contributed by atoms with van der Waals surface area (Å²) in [6, 6.07) is 8.96. The third kappa shape index (κ3) is 6.06. The maximum absolute atomic E-state index is 12.0. The molecule has 2 N–H and O–H groups in total. The van der Waals surface area contributed by atoms with Crippen molar-refractivity contribution in [3.8, 4) is 0 Å². The van der Waals surface area contributed by atoms with E-state index in [-0.39, 0.29) is 12.4 Å². The molecule has 4 heteroatoms. The molecular weight excluding hydrogens is 284 g/mol. The second kappa shape index (κ2) is 9.06. The molecule has 118 valence electrons. The molecule has 21 heavy (non-hydrogen) atoms. The number of likely N-dealkylation sites (tertiary alicyclic amines) is 1. The molecule has 1 heterocycles. The van der Waals surface area contributed by atoms with Crippen LogP contribution in [-0.2, 0) is 11.2 Å². The molecule has 0 saturated carbocycles. The van der Waals surface area contributed by atoms with Crippen molar-refractivity contribution in [1.29, 1.82) is 0 Å². The van der Waals surface area contributed by atoms with Gasteiger partial charge < -0.3 is 10.6 Å². The fourth-order valence-electron chi connectivity index (χ4n) is 2.67. The van der Waals surface area contributed by atoms with Gasteiger partial charge in [0.15, 0.2) is 0 Å². The first kappa shape index (κ1) is 18.0. The Bertz CT molecular complexity index is 425. The lowest BCUT2D eigenvalue weighted by molar-refractivity contribution is -0.132. The van der Waals surface area contributed by atoms with Crippen molar-refractivity contribution in [2.75, 3.05) is 13.1 Å². The SMILES string of the molecule is Cc1ccc(CCCCC(=O)N2CCC(N)CC2)cc1.Cl. The van der Waals surface area contributed by atoms with Crippen molar-refractivity contribution in [3.05, 3.63) is 35.4 Å². The second-order valence-corrected chi connectivity index (χ2v) is 5.91. The average Bonchev–Trinajstić information content (AvgIpc) is 2.46. The number of carbonyl (C=O) groups excluding carboxylic acids is 1. The highest BCUT2D eigenvalue weighted by Crippen LogP contribution is 2.12. The Labute approximate surface area is 134 Å². The number of unbranched alkanes of at least 4 members (excludes halogenated alkanes) is 1. The van der Waals surface area contributed by atoms with Crippen molar-refractivity contribution < 1.29 is 4.79 Å². The monoisotopic (exact) mass is 310 g/mol. The van der Waals surface area contributed by atoms with Gasteiger partial charge in [0, 0.05) is 25.6 Å². The van der Waals surface area contributed by atoms with E-state index in [0.717, 1.165) is 45.2 Å². The summed E-state index contributed by atoms with van der Waals surface area (Å²) < 4.78 is 0. The van der Waals surface area contributed by atoms with Gasteiger partial charge in [0.2, 0.25) is 5.91 Å². The summed E-state index contributed by atoms with van der Waals surface area (Å²) in [6.45, 7) is 3.79. The van der Waals surface area contributed by atoms with Crippen LogP contribution in [-0.4, -0.2) is 29.9 Å². The molecule has 0 atom stereocenters. The third-order valence-corrected chi connectivity index (χ3v) is 4.12. The number of benzene rings is 1. The Hall–Kier alpha value is -1.06. The van der Waals surface area contributed by atoms with E-state index < -0.39 is 0 Å². The molecule has 1 aliphatic rings. The maximum Gasteiger partial charge on any atom is 0.222 e. The number of hydrogen-bond acceptors (Lipinski definition) is 2. The topological polar surface area (TPSA) is 46.3 Å². The number of halogens is 1. The van der Waals surface area contributed by atoms with Crippen molar-refractivity contribution in [2.45, 2.75) is 51.5 Å². The minimum absolute atomic E-state index is 0. The Kier molecular flexibility index (Phi) is 7.76. The van der Waals surface area contributed by atoms with E-state index in [0.29, 0.717) is 18.4 Å². The summed E-state index contributed by atoms with van der Waals surface area (Å²) in [5.41, 5.74) is 8.52. The summed E-state index contributed by atoms with van der Waals surface area (Å²) in [7, 11) is 0. The van der Waals surface area contributed by atoms with Crippen LogP contribution < -0.4 is 5.73 Å². The number of nitrogens with zero attached hydrogens (tertiary/aromatic N) is 1. The fraction of sp³-hybridized carbons (Fsp3) is 0.588. The molecule has 1 aromatic carbocycles. The lowest BCUT2D eigenvalue weighted by Gasteiger charge is -2.30. The van der Waals surface area contributed by atoms with E-state index in [1.165, 1.54) is 11.1 Å². The van der Waals surface area contributed by atoms with Crippen LogP contribution in [0.2, 0.25) is 0 Å².